The molecule has 0 bridgehead atoms. The molecule has 0 saturated carbocycles. The third kappa shape index (κ3) is 5.94. The van der Waals surface area contributed by atoms with Gasteiger partial charge in [-0.3, -0.25) is 9.69 Å². The summed E-state index contributed by atoms with van der Waals surface area (Å²) in [7, 11) is 0. The highest BCUT2D eigenvalue weighted by Gasteiger charge is 2.10. The summed E-state index contributed by atoms with van der Waals surface area (Å²) in [5, 5.41) is 7.00. The van der Waals surface area contributed by atoms with Gasteiger partial charge >= 0.3 is 0 Å². The zero-order valence-electron chi connectivity index (χ0n) is 12.0. The van der Waals surface area contributed by atoms with Crippen LogP contribution in [0.25, 0.3) is 0 Å². The molecule has 2 N–H and O–H groups in total. The van der Waals surface area contributed by atoms with Crippen molar-refractivity contribution in [3.8, 4) is 0 Å². The maximum Gasteiger partial charge on any atom is 0.220 e. The monoisotopic (exact) mass is 373 g/mol. The lowest BCUT2D eigenvalue weighted by molar-refractivity contribution is -0.121. The smallest absolute Gasteiger partial charge is 0.220 e. The molecule has 0 radical (unpaired) electrons. The number of benzene rings is 1. The van der Waals surface area contributed by atoms with Gasteiger partial charge in [-0.15, -0.1) is 0 Å². The highest BCUT2D eigenvalue weighted by atomic mass is 79.9. The number of halogens is 2. The number of nitrogens with zero attached hydrogens (tertiary/aromatic N) is 1. The summed E-state index contributed by atoms with van der Waals surface area (Å²) in [6, 6.07) is 5.66. The minimum absolute atomic E-state index is 0.0945. The Morgan fingerprint density at radius 1 is 1.38 bits per heavy atom. The fraction of sp³-hybridized carbons (Fsp3) is 0.533. The number of piperazine rings is 1. The van der Waals surface area contributed by atoms with Crippen LogP contribution in [-0.2, 0) is 11.2 Å². The Bertz CT molecular complexity index is 478. The summed E-state index contributed by atoms with van der Waals surface area (Å²) in [5.41, 5.74) is 1.07. The first-order valence-corrected chi connectivity index (χ1v) is 8.46. The predicted molar refractivity (Wildman–Crippen MR) is 89.8 cm³/mol. The molecule has 0 atom stereocenters. The largest absolute Gasteiger partial charge is 0.355 e. The van der Waals surface area contributed by atoms with E-state index in [0.29, 0.717) is 17.9 Å². The Morgan fingerprint density at radius 2 is 2.14 bits per heavy atom. The van der Waals surface area contributed by atoms with Crippen molar-refractivity contribution in [3.05, 3.63) is 33.3 Å². The number of amides is 1. The third-order valence-corrected chi connectivity index (χ3v) is 4.60. The van der Waals surface area contributed by atoms with Crippen molar-refractivity contribution in [1.82, 2.24) is 15.5 Å². The second-order valence-corrected chi connectivity index (χ2v) is 6.47. The molecule has 2 rings (SSSR count). The van der Waals surface area contributed by atoms with Crippen molar-refractivity contribution in [2.24, 2.45) is 0 Å². The van der Waals surface area contributed by atoms with Gasteiger partial charge in [0.1, 0.15) is 0 Å². The molecule has 6 heteroatoms. The van der Waals surface area contributed by atoms with Gasteiger partial charge in [-0.1, -0.05) is 27.5 Å². The van der Waals surface area contributed by atoms with Crippen LogP contribution in [0.3, 0.4) is 0 Å². The number of carbonyl (C=O) groups is 1. The van der Waals surface area contributed by atoms with Crippen LogP contribution in [0.1, 0.15) is 12.0 Å². The van der Waals surface area contributed by atoms with Gasteiger partial charge in [0.05, 0.1) is 0 Å². The summed E-state index contributed by atoms with van der Waals surface area (Å²) in [6.07, 6.45) is 1.18. The number of hydrogen-bond acceptors (Lipinski definition) is 3. The number of carbonyl (C=O) groups excluding carboxylic acids is 1. The Kier molecular flexibility index (Phi) is 6.96. The highest BCUT2D eigenvalue weighted by Crippen LogP contribution is 2.22. The zero-order valence-corrected chi connectivity index (χ0v) is 14.3. The van der Waals surface area contributed by atoms with E-state index in [0.717, 1.165) is 49.3 Å². The lowest BCUT2D eigenvalue weighted by Crippen LogP contribution is -2.46. The molecule has 0 aliphatic carbocycles. The first-order valence-electron chi connectivity index (χ1n) is 7.29. The molecule has 4 nitrogen and oxygen atoms in total. The van der Waals surface area contributed by atoms with Crippen LogP contribution in [0.4, 0.5) is 0 Å². The maximum absolute atomic E-state index is 11.9. The molecule has 0 unspecified atom stereocenters. The molecule has 1 amide bonds. The molecule has 21 heavy (non-hydrogen) atoms. The molecule has 0 spiro atoms. The van der Waals surface area contributed by atoms with Crippen LogP contribution < -0.4 is 10.6 Å². The molecule has 0 aromatic heterocycles. The van der Waals surface area contributed by atoms with Gasteiger partial charge in [-0.25, -0.2) is 0 Å². The van der Waals surface area contributed by atoms with Crippen LogP contribution in [-0.4, -0.2) is 50.1 Å². The summed E-state index contributed by atoms with van der Waals surface area (Å²) in [4.78, 5) is 14.2. The minimum Gasteiger partial charge on any atom is -0.355 e. The van der Waals surface area contributed by atoms with Crippen molar-refractivity contribution in [2.45, 2.75) is 12.8 Å². The standard InChI is InChI=1S/C15H21BrClN3O/c16-14-3-2-13(17)11-12(14)1-4-15(21)19-7-10-20-8-5-18-6-9-20/h2-3,11,18H,1,4-10H2,(H,19,21). The van der Waals surface area contributed by atoms with Gasteiger partial charge in [0, 0.05) is 55.2 Å². The average Bonchev–Trinajstić information content (AvgIpc) is 2.49. The third-order valence-electron chi connectivity index (χ3n) is 3.59. The Hall–Kier alpha value is -0.620. The van der Waals surface area contributed by atoms with Crippen LogP contribution in [0.2, 0.25) is 5.02 Å². The maximum atomic E-state index is 11.9. The molecule has 1 fully saturated rings. The van der Waals surface area contributed by atoms with Crippen LogP contribution in [0.5, 0.6) is 0 Å². The first-order chi connectivity index (χ1) is 10.1. The minimum atomic E-state index is 0.0945. The molecule has 1 aromatic carbocycles. The van der Waals surface area contributed by atoms with Crippen LogP contribution >= 0.6 is 27.5 Å². The fourth-order valence-electron chi connectivity index (χ4n) is 2.36. The molecular formula is C15H21BrClN3O. The number of hydrogen-bond donors (Lipinski definition) is 2. The molecule has 1 aromatic rings. The molecule has 116 valence electrons. The fourth-order valence-corrected chi connectivity index (χ4v) is 3.00. The Morgan fingerprint density at radius 3 is 2.90 bits per heavy atom. The second kappa shape index (κ2) is 8.73. The lowest BCUT2D eigenvalue weighted by Gasteiger charge is -2.27. The average molecular weight is 375 g/mol. The Labute approximate surface area is 139 Å². The van der Waals surface area contributed by atoms with E-state index < -0.39 is 0 Å². The normalized spacial score (nSPS) is 15.9. The molecule has 1 heterocycles. The number of aryl methyl sites for hydroxylation is 1. The van der Waals surface area contributed by atoms with E-state index in [1.807, 2.05) is 18.2 Å². The van der Waals surface area contributed by atoms with Crippen molar-refractivity contribution >= 4 is 33.4 Å². The SMILES string of the molecule is O=C(CCc1cc(Cl)ccc1Br)NCCN1CCNCC1. The van der Waals surface area contributed by atoms with Crippen molar-refractivity contribution < 1.29 is 4.79 Å². The zero-order chi connectivity index (χ0) is 15.1. The van der Waals surface area contributed by atoms with Crippen molar-refractivity contribution in [1.29, 1.82) is 0 Å². The molecule has 1 aliphatic rings. The van der Waals surface area contributed by atoms with E-state index in [1.165, 1.54) is 0 Å². The molecule has 1 saturated heterocycles. The van der Waals surface area contributed by atoms with E-state index in [9.17, 15) is 4.79 Å². The van der Waals surface area contributed by atoms with E-state index in [1.54, 1.807) is 0 Å². The van der Waals surface area contributed by atoms with Crippen molar-refractivity contribution in [2.75, 3.05) is 39.3 Å². The molecular weight excluding hydrogens is 354 g/mol. The topological polar surface area (TPSA) is 44.4 Å². The van der Waals surface area contributed by atoms with Crippen LogP contribution in [0.15, 0.2) is 22.7 Å². The van der Waals surface area contributed by atoms with Crippen molar-refractivity contribution in [3.63, 3.8) is 0 Å². The summed E-state index contributed by atoms with van der Waals surface area (Å²) in [6.45, 7) is 5.84. The van der Waals surface area contributed by atoms with Crippen LogP contribution in [0, 0.1) is 0 Å². The summed E-state index contributed by atoms with van der Waals surface area (Å²) >= 11 is 9.45. The van der Waals surface area contributed by atoms with E-state index >= 15 is 0 Å². The Balaban J connectivity index is 1.66. The van der Waals surface area contributed by atoms with Gasteiger partial charge in [0.25, 0.3) is 0 Å². The van der Waals surface area contributed by atoms with Gasteiger partial charge in [-0.05, 0) is 30.2 Å². The number of rotatable bonds is 6. The highest BCUT2D eigenvalue weighted by molar-refractivity contribution is 9.10. The van der Waals surface area contributed by atoms with Gasteiger partial charge in [0.2, 0.25) is 5.91 Å². The summed E-state index contributed by atoms with van der Waals surface area (Å²) < 4.78 is 1.00. The van der Waals surface area contributed by atoms with Gasteiger partial charge < -0.3 is 10.6 Å². The van der Waals surface area contributed by atoms with Gasteiger partial charge in [0.15, 0.2) is 0 Å². The van der Waals surface area contributed by atoms with E-state index in [2.05, 4.69) is 31.5 Å². The first kappa shape index (κ1) is 16.7. The lowest BCUT2D eigenvalue weighted by atomic mass is 10.1. The quantitative estimate of drug-likeness (QED) is 0.801. The summed E-state index contributed by atoms with van der Waals surface area (Å²) in [5.74, 6) is 0.0945. The number of nitrogens with one attached hydrogen (secondary N) is 2. The molecule has 1 aliphatic heterocycles. The predicted octanol–water partition coefficient (Wildman–Crippen LogP) is 2.06. The van der Waals surface area contributed by atoms with Gasteiger partial charge in [-0.2, -0.15) is 0 Å². The van der Waals surface area contributed by atoms with E-state index in [4.69, 9.17) is 11.6 Å². The second-order valence-electron chi connectivity index (χ2n) is 5.18. The van der Waals surface area contributed by atoms with E-state index in [-0.39, 0.29) is 5.91 Å².